The highest BCUT2D eigenvalue weighted by molar-refractivity contribution is 6.10. The summed E-state index contributed by atoms with van der Waals surface area (Å²) in [5.41, 5.74) is 10.5. The highest BCUT2D eigenvalue weighted by Crippen LogP contribution is 2.55. The van der Waals surface area contributed by atoms with Gasteiger partial charge in [0.25, 0.3) is 0 Å². The number of allylic oxidation sites excluding steroid dienone is 6. The van der Waals surface area contributed by atoms with Gasteiger partial charge in [-0.05, 0) is 78.9 Å². The van der Waals surface area contributed by atoms with Crippen molar-refractivity contribution in [3.05, 3.63) is 181 Å². The van der Waals surface area contributed by atoms with Crippen LogP contribution in [0.4, 0.5) is 11.4 Å². The summed E-state index contributed by atoms with van der Waals surface area (Å²) in [7, 11) is 0. The quantitative estimate of drug-likeness (QED) is 0.185. The molecule has 2 aliphatic carbocycles. The van der Waals surface area contributed by atoms with E-state index in [0.717, 1.165) is 35.3 Å². The Labute approximate surface area is 297 Å². The highest BCUT2D eigenvalue weighted by Gasteiger charge is 2.45. The Morgan fingerprint density at radius 1 is 0.686 bits per heavy atom. The number of benzene rings is 5. The first-order valence-electron chi connectivity index (χ1n) is 17.7. The van der Waals surface area contributed by atoms with Crippen LogP contribution in [0, 0.1) is 0 Å². The molecule has 2 atom stereocenters. The van der Waals surface area contributed by atoms with Gasteiger partial charge in [0, 0.05) is 39.2 Å². The monoisotopic (exact) mass is 657 g/mol. The molecule has 0 radical (unpaired) electrons. The second kappa shape index (κ2) is 11.6. The summed E-state index contributed by atoms with van der Waals surface area (Å²) >= 11 is 0. The minimum Gasteiger partial charge on any atom is -0.331 e. The summed E-state index contributed by atoms with van der Waals surface area (Å²) < 4.78 is 2.21. The van der Waals surface area contributed by atoms with Crippen LogP contribution < -0.4 is 4.90 Å². The maximum atomic E-state index is 5.16. The molecule has 0 N–H and O–H groups in total. The molecule has 2 aromatic heterocycles. The van der Waals surface area contributed by atoms with Crippen LogP contribution in [0.1, 0.15) is 42.6 Å². The van der Waals surface area contributed by atoms with Crippen LogP contribution in [0.15, 0.2) is 164 Å². The van der Waals surface area contributed by atoms with Crippen molar-refractivity contribution < 1.29 is 0 Å². The zero-order valence-electron chi connectivity index (χ0n) is 28.3. The van der Waals surface area contributed by atoms with Crippen molar-refractivity contribution in [2.75, 3.05) is 4.90 Å². The molecular weight excluding hydrogens is 623 g/mol. The Morgan fingerprint density at radius 3 is 2.29 bits per heavy atom. The van der Waals surface area contributed by atoms with E-state index in [9.17, 15) is 0 Å². The average Bonchev–Trinajstić information content (AvgIpc) is 3.67. The van der Waals surface area contributed by atoms with E-state index in [0.29, 0.717) is 11.8 Å². The zero-order chi connectivity index (χ0) is 33.9. The SMILES string of the molecule is CC12CC=C(c3ccc4c(c3)c3ccccc3n4-c3nc(-c4ccccc4)nc(C4C=CC=CC4)n3)C=C1c1ccccc1N2c1ccccc1. The Morgan fingerprint density at radius 2 is 1.45 bits per heavy atom. The molecule has 3 heterocycles. The number of rotatable bonds is 5. The standard InChI is InChI=1S/C46H35N5/c1-46-28-27-34(30-39(46)37-22-12-14-24-42(37)51(46)35-19-9-4-10-20-35)33-25-26-41-38(29-33)36-21-11-13-23-40(36)50(41)45-48-43(31-15-5-2-6-16-31)47-44(49-45)32-17-7-3-8-18-32/h2-17,19-27,29-30,32H,18,28H2,1H3. The van der Waals surface area contributed by atoms with Crippen molar-refractivity contribution in [3.63, 3.8) is 0 Å². The van der Waals surface area contributed by atoms with Gasteiger partial charge in [-0.1, -0.05) is 121 Å². The summed E-state index contributed by atoms with van der Waals surface area (Å²) in [6, 6.07) is 45.3. The van der Waals surface area contributed by atoms with Crippen LogP contribution in [0.2, 0.25) is 0 Å². The lowest BCUT2D eigenvalue weighted by Gasteiger charge is -2.39. The molecule has 5 aromatic carbocycles. The molecule has 1 aliphatic heterocycles. The summed E-state index contributed by atoms with van der Waals surface area (Å²) in [5, 5.41) is 2.35. The Kier molecular flexibility index (Phi) is 6.75. The Hall–Kier alpha value is -6.33. The third-order valence-corrected chi connectivity index (χ3v) is 10.7. The molecule has 0 spiro atoms. The number of anilines is 2. The molecule has 2 unspecified atom stereocenters. The molecule has 0 fully saturated rings. The summed E-state index contributed by atoms with van der Waals surface area (Å²) in [5.74, 6) is 2.20. The molecule has 0 saturated heterocycles. The number of fused-ring (bicyclic) bond motifs is 6. The maximum Gasteiger partial charge on any atom is 0.238 e. The highest BCUT2D eigenvalue weighted by atomic mass is 15.2. The van der Waals surface area contributed by atoms with Crippen LogP contribution in [0.25, 0.3) is 50.3 Å². The predicted molar refractivity (Wildman–Crippen MR) is 209 cm³/mol. The van der Waals surface area contributed by atoms with E-state index in [1.54, 1.807) is 0 Å². The molecule has 0 bridgehead atoms. The Bertz CT molecular complexity index is 2610. The number of para-hydroxylation sites is 3. The van der Waals surface area contributed by atoms with Crippen molar-refractivity contribution in [2.45, 2.75) is 31.2 Å². The third kappa shape index (κ3) is 4.73. The van der Waals surface area contributed by atoms with E-state index >= 15 is 0 Å². The van der Waals surface area contributed by atoms with Crippen LogP contribution in [0.3, 0.4) is 0 Å². The minimum atomic E-state index is -0.176. The van der Waals surface area contributed by atoms with Gasteiger partial charge in [0.15, 0.2) is 5.82 Å². The van der Waals surface area contributed by atoms with Crippen molar-refractivity contribution in [3.8, 4) is 17.3 Å². The van der Waals surface area contributed by atoms with E-state index in [1.165, 1.54) is 44.4 Å². The van der Waals surface area contributed by atoms with Crippen LogP contribution in [-0.4, -0.2) is 25.1 Å². The molecular formula is C46H35N5. The van der Waals surface area contributed by atoms with Gasteiger partial charge in [-0.15, -0.1) is 0 Å². The van der Waals surface area contributed by atoms with Crippen LogP contribution in [0.5, 0.6) is 0 Å². The fourth-order valence-electron chi connectivity index (χ4n) is 8.24. The second-order valence-electron chi connectivity index (χ2n) is 13.8. The first-order chi connectivity index (χ1) is 25.2. The molecule has 3 aliphatic rings. The lowest BCUT2D eigenvalue weighted by Crippen LogP contribution is -2.40. The molecule has 5 heteroatoms. The molecule has 0 amide bonds. The van der Waals surface area contributed by atoms with E-state index in [2.05, 4.69) is 162 Å². The largest absolute Gasteiger partial charge is 0.331 e. The van der Waals surface area contributed by atoms with Crippen LogP contribution in [-0.2, 0) is 0 Å². The maximum absolute atomic E-state index is 5.16. The van der Waals surface area contributed by atoms with E-state index < -0.39 is 0 Å². The lowest BCUT2D eigenvalue weighted by molar-refractivity contribution is 0.608. The predicted octanol–water partition coefficient (Wildman–Crippen LogP) is 11.0. The van der Waals surface area contributed by atoms with Crippen molar-refractivity contribution in [1.29, 1.82) is 0 Å². The number of hydrogen-bond acceptors (Lipinski definition) is 4. The topological polar surface area (TPSA) is 46.8 Å². The van der Waals surface area contributed by atoms with Gasteiger partial charge in [0.2, 0.25) is 5.95 Å². The van der Waals surface area contributed by atoms with Crippen LogP contribution >= 0.6 is 0 Å². The molecule has 10 rings (SSSR count). The molecule has 7 aromatic rings. The van der Waals surface area contributed by atoms with Gasteiger partial charge in [-0.2, -0.15) is 9.97 Å². The minimum absolute atomic E-state index is 0.0920. The Balaban J connectivity index is 1.11. The molecule has 0 saturated carbocycles. The average molecular weight is 658 g/mol. The second-order valence-corrected chi connectivity index (χ2v) is 13.8. The van der Waals surface area contributed by atoms with E-state index in [-0.39, 0.29) is 11.5 Å². The molecule has 51 heavy (non-hydrogen) atoms. The van der Waals surface area contributed by atoms with Gasteiger partial charge in [0.1, 0.15) is 5.82 Å². The first-order valence-corrected chi connectivity index (χ1v) is 17.7. The number of aromatic nitrogens is 4. The number of nitrogens with zero attached hydrogens (tertiary/aromatic N) is 5. The zero-order valence-corrected chi connectivity index (χ0v) is 28.3. The number of hydrogen-bond donors (Lipinski definition) is 0. The fraction of sp³-hybridized carbons (Fsp3) is 0.109. The van der Waals surface area contributed by atoms with Crippen molar-refractivity contribution in [2.24, 2.45) is 0 Å². The summed E-state index contributed by atoms with van der Waals surface area (Å²) in [6.07, 6.45) is 15.1. The fourth-order valence-corrected chi connectivity index (χ4v) is 8.24. The summed E-state index contributed by atoms with van der Waals surface area (Å²) in [6.45, 7) is 2.38. The lowest BCUT2D eigenvalue weighted by atomic mass is 9.80. The van der Waals surface area contributed by atoms with E-state index in [4.69, 9.17) is 15.0 Å². The van der Waals surface area contributed by atoms with Crippen molar-refractivity contribution in [1.82, 2.24) is 19.5 Å². The smallest absolute Gasteiger partial charge is 0.238 e. The third-order valence-electron chi connectivity index (χ3n) is 10.7. The van der Waals surface area contributed by atoms with Gasteiger partial charge in [-0.3, -0.25) is 4.57 Å². The van der Waals surface area contributed by atoms with Gasteiger partial charge >= 0.3 is 0 Å². The molecule has 244 valence electrons. The van der Waals surface area contributed by atoms with Gasteiger partial charge < -0.3 is 4.90 Å². The van der Waals surface area contributed by atoms with Gasteiger partial charge in [-0.25, -0.2) is 4.98 Å². The van der Waals surface area contributed by atoms with Crippen molar-refractivity contribution >= 4 is 44.3 Å². The van der Waals surface area contributed by atoms with Gasteiger partial charge in [0.05, 0.1) is 16.6 Å². The summed E-state index contributed by atoms with van der Waals surface area (Å²) in [4.78, 5) is 17.8. The molecule has 5 nitrogen and oxygen atoms in total. The normalized spacial score (nSPS) is 19.2. The van der Waals surface area contributed by atoms with E-state index in [1.807, 2.05) is 18.2 Å². The first kappa shape index (κ1) is 29.6.